The molecule has 0 atom stereocenters. The van der Waals surface area contributed by atoms with Gasteiger partial charge in [0.15, 0.2) is 0 Å². The number of hydrogen-bond acceptors (Lipinski definition) is 3. The summed E-state index contributed by atoms with van der Waals surface area (Å²) in [6.45, 7) is 1.48. The zero-order valence-corrected chi connectivity index (χ0v) is 7.43. The molecule has 0 fully saturated rings. The number of anilines is 1. The summed E-state index contributed by atoms with van der Waals surface area (Å²) in [6, 6.07) is 2.56. The Morgan fingerprint density at radius 2 is 2.15 bits per heavy atom. The van der Waals surface area contributed by atoms with E-state index in [9.17, 15) is 9.18 Å². The summed E-state index contributed by atoms with van der Waals surface area (Å²) in [6.07, 6.45) is 0. The molecule has 0 spiro atoms. The van der Waals surface area contributed by atoms with Crippen molar-refractivity contribution in [3.05, 3.63) is 29.1 Å². The van der Waals surface area contributed by atoms with Crippen LogP contribution in [0.1, 0.15) is 15.9 Å². The number of hydrogen-bond donors (Lipinski definition) is 1. The number of methoxy groups -OCH3 is 1. The molecule has 0 saturated carbocycles. The summed E-state index contributed by atoms with van der Waals surface area (Å²) >= 11 is 0. The predicted octanol–water partition coefficient (Wildman–Crippen LogP) is 1.50. The zero-order chi connectivity index (χ0) is 10.0. The van der Waals surface area contributed by atoms with E-state index in [0.717, 1.165) is 0 Å². The van der Waals surface area contributed by atoms with Gasteiger partial charge in [-0.25, -0.2) is 9.18 Å². The van der Waals surface area contributed by atoms with E-state index in [0.29, 0.717) is 0 Å². The molecule has 2 N–H and O–H groups in total. The first kappa shape index (κ1) is 9.51. The molecule has 0 amide bonds. The van der Waals surface area contributed by atoms with E-state index in [1.165, 1.54) is 26.2 Å². The molecule has 0 aliphatic heterocycles. The van der Waals surface area contributed by atoms with Crippen LogP contribution < -0.4 is 5.73 Å². The molecule has 0 unspecified atom stereocenters. The number of ether oxygens (including phenoxy) is 1. The van der Waals surface area contributed by atoms with Crippen LogP contribution >= 0.6 is 0 Å². The van der Waals surface area contributed by atoms with Crippen molar-refractivity contribution < 1.29 is 13.9 Å². The maximum Gasteiger partial charge on any atom is 0.340 e. The Labute approximate surface area is 75.3 Å². The summed E-state index contributed by atoms with van der Waals surface area (Å²) in [7, 11) is 1.23. The van der Waals surface area contributed by atoms with Crippen LogP contribution in [0.15, 0.2) is 12.1 Å². The van der Waals surface area contributed by atoms with Crippen LogP contribution in [0.4, 0.5) is 10.1 Å². The summed E-state index contributed by atoms with van der Waals surface area (Å²) in [5.74, 6) is -1.08. The van der Waals surface area contributed by atoms with Gasteiger partial charge in [0, 0.05) is 11.3 Å². The molecule has 1 aromatic rings. The minimum absolute atomic E-state index is 0.0995. The van der Waals surface area contributed by atoms with Gasteiger partial charge in [0.05, 0.1) is 12.7 Å². The van der Waals surface area contributed by atoms with Gasteiger partial charge in [-0.2, -0.15) is 0 Å². The monoisotopic (exact) mass is 183 g/mol. The summed E-state index contributed by atoms with van der Waals surface area (Å²) in [5.41, 5.74) is 6.04. The van der Waals surface area contributed by atoms with E-state index >= 15 is 0 Å². The second-order valence-electron chi connectivity index (χ2n) is 2.63. The Bertz CT molecular complexity index is 350. The highest BCUT2D eigenvalue weighted by Crippen LogP contribution is 2.20. The van der Waals surface area contributed by atoms with Gasteiger partial charge in [-0.05, 0) is 19.1 Å². The maximum absolute atomic E-state index is 13.0. The number of carbonyl (C=O) groups is 1. The van der Waals surface area contributed by atoms with Gasteiger partial charge in [0.1, 0.15) is 5.82 Å². The van der Waals surface area contributed by atoms with E-state index in [4.69, 9.17) is 5.73 Å². The number of benzene rings is 1. The van der Waals surface area contributed by atoms with Crippen molar-refractivity contribution in [2.45, 2.75) is 6.92 Å². The highest BCUT2D eigenvalue weighted by Gasteiger charge is 2.15. The summed E-state index contributed by atoms with van der Waals surface area (Å²) < 4.78 is 17.5. The van der Waals surface area contributed by atoms with Crippen LogP contribution in [0.5, 0.6) is 0 Å². The fourth-order valence-electron chi connectivity index (χ4n) is 1.08. The molecular weight excluding hydrogens is 173 g/mol. The zero-order valence-electron chi connectivity index (χ0n) is 7.43. The van der Waals surface area contributed by atoms with Gasteiger partial charge in [0.2, 0.25) is 0 Å². The topological polar surface area (TPSA) is 52.3 Å². The van der Waals surface area contributed by atoms with Crippen LogP contribution in [0.2, 0.25) is 0 Å². The molecule has 0 heterocycles. The maximum atomic E-state index is 13.0. The Morgan fingerprint density at radius 3 is 2.69 bits per heavy atom. The number of halogens is 1. The predicted molar refractivity (Wildman–Crippen MR) is 46.9 cm³/mol. The minimum Gasteiger partial charge on any atom is -0.465 e. The lowest BCUT2D eigenvalue weighted by molar-refractivity contribution is 0.0600. The highest BCUT2D eigenvalue weighted by molar-refractivity contribution is 5.96. The summed E-state index contributed by atoms with van der Waals surface area (Å²) in [5, 5.41) is 0. The molecule has 0 aliphatic rings. The quantitative estimate of drug-likeness (QED) is 0.530. The molecule has 1 rings (SSSR count). The van der Waals surface area contributed by atoms with Gasteiger partial charge in [-0.15, -0.1) is 0 Å². The SMILES string of the molecule is COC(=O)c1c(N)ccc(F)c1C. The van der Waals surface area contributed by atoms with E-state index < -0.39 is 11.8 Å². The van der Waals surface area contributed by atoms with Crippen molar-refractivity contribution >= 4 is 11.7 Å². The van der Waals surface area contributed by atoms with Crippen LogP contribution in [0.25, 0.3) is 0 Å². The Morgan fingerprint density at radius 1 is 1.54 bits per heavy atom. The Kier molecular flexibility index (Phi) is 2.51. The molecule has 0 bridgehead atoms. The minimum atomic E-state index is -0.616. The number of carbonyl (C=O) groups excluding carboxylic acids is 1. The van der Waals surface area contributed by atoms with Crippen molar-refractivity contribution in [3.63, 3.8) is 0 Å². The third kappa shape index (κ3) is 1.61. The largest absolute Gasteiger partial charge is 0.465 e. The first-order valence-electron chi connectivity index (χ1n) is 3.70. The van der Waals surface area contributed by atoms with Crippen LogP contribution in [0, 0.1) is 12.7 Å². The second kappa shape index (κ2) is 3.43. The Hall–Kier alpha value is -1.58. The van der Waals surface area contributed by atoms with Crippen molar-refractivity contribution in [3.8, 4) is 0 Å². The lowest BCUT2D eigenvalue weighted by Crippen LogP contribution is -2.09. The molecule has 0 radical (unpaired) electrons. The standard InChI is InChI=1S/C9H10FNO2/c1-5-6(10)3-4-7(11)8(5)9(12)13-2/h3-4H,11H2,1-2H3. The molecule has 13 heavy (non-hydrogen) atoms. The first-order valence-corrected chi connectivity index (χ1v) is 3.70. The number of rotatable bonds is 1. The van der Waals surface area contributed by atoms with E-state index in [2.05, 4.69) is 4.74 Å². The van der Waals surface area contributed by atoms with Crippen molar-refractivity contribution in [1.82, 2.24) is 0 Å². The van der Waals surface area contributed by atoms with E-state index in [-0.39, 0.29) is 16.8 Å². The summed E-state index contributed by atoms with van der Waals surface area (Å²) in [4.78, 5) is 11.1. The van der Waals surface area contributed by atoms with Gasteiger partial charge in [-0.3, -0.25) is 0 Å². The average Bonchev–Trinajstić information content (AvgIpc) is 2.12. The fraction of sp³-hybridized carbons (Fsp3) is 0.222. The van der Waals surface area contributed by atoms with E-state index in [1.807, 2.05) is 0 Å². The number of nitrogen functional groups attached to an aromatic ring is 1. The third-order valence-electron chi connectivity index (χ3n) is 1.82. The first-order chi connectivity index (χ1) is 6.07. The Balaban J connectivity index is 3.33. The normalized spacial score (nSPS) is 9.77. The highest BCUT2D eigenvalue weighted by atomic mass is 19.1. The van der Waals surface area contributed by atoms with Gasteiger partial charge in [0.25, 0.3) is 0 Å². The van der Waals surface area contributed by atoms with Crippen LogP contribution in [-0.4, -0.2) is 13.1 Å². The van der Waals surface area contributed by atoms with Gasteiger partial charge < -0.3 is 10.5 Å². The molecule has 0 aliphatic carbocycles. The molecular formula is C9H10FNO2. The number of esters is 1. The average molecular weight is 183 g/mol. The molecule has 0 aromatic heterocycles. The molecule has 4 heteroatoms. The van der Waals surface area contributed by atoms with Crippen molar-refractivity contribution in [1.29, 1.82) is 0 Å². The second-order valence-corrected chi connectivity index (χ2v) is 2.63. The van der Waals surface area contributed by atoms with Gasteiger partial charge in [-0.1, -0.05) is 0 Å². The molecule has 1 aromatic carbocycles. The van der Waals surface area contributed by atoms with Gasteiger partial charge >= 0.3 is 5.97 Å². The third-order valence-corrected chi connectivity index (χ3v) is 1.82. The lowest BCUT2D eigenvalue weighted by atomic mass is 10.1. The molecule has 70 valence electrons. The smallest absolute Gasteiger partial charge is 0.340 e. The molecule has 0 saturated heterocycles. The number of nitrogens with two attached hydrogens (primary N) is 1. The van der Waals surface area contributed by atoms with Crippen molar-refractivity contribution in [2.75, 3.05) is 12.8 Å². The van der Waals surface area contributed by atoms with Crippen LogP contribution in [-0.2, 0) is 4.74 Å². The van der Waals surface area contributed by atoms with E-state index in [1.54, 1.807) is 0 Å². The molecule has 3 nitrogen and oxygen atoms in total. The lowest BCUT2D eigenvalue weighted by Gasteiger charge is -2.07. The van der Waals surface area contributed by atoms with Crippen molar-refractivity contribution in [2.24, 2.45) is 0 Å². The fourth-order valence-corrected chi connectivity index (χ4v) is 1.08. The van der Waals surface area contributed by atoms with Crippen LogP contribution in [0.3, 0.4) is 0 Å².